The van der Waals surface area contributed by atoms with Crippen molar-refractivity contribution in [1.82, 2.24) is 0 Å². The molecular formula is C31H40O3Si. The lowest BCUT2D eigenvalue weighted by Gasteiger charge is -2.41. The Morgan fingerprint density at radius 3 is 1.37 bits per heavy atom. The summed E-state index contributed by atoms with van der Waals surface area (Å²) in [5, 5.41) is 14.0. The number of hydrogen-bond acceptors (Lipinski definition) is 3. The van der Waals surface area contributed by atoms with Gasteiger partial charge in [0.25, 0.3) is 8.32 Å². The molecule has 0 heterocycles. The zero-order valence-electron chi connectivity index (χ0n) is 22.0. The van der Waals surface area contributed by atoms with E-state index in [2.05, 4.69) is 93.6 Å². The Kier molecular flexibility index (Phi) is 8.53. The molecule has 0 saturated carbocycles. The number of ketones is 1. The molecule has 35 heavy (non-hydrogen) atoms. The normalized spacial score (nSPS) is 14.4. The van der Waals surface area contributed by atoms with Crippen molar-refractivity contribution in [1.29, 1.82) is 0 Å². The molecule has 0 aliphatic heterocycles. The van der Waals surface area contributed by atoms with Crippen molar-refractivity contribution < 1.29 is 14.3 Å². The maximum absolute atomic E-state index is 13.2. The molecule has 0 aromatic heterocycles. The maximum Gasteiger partial charge on any atom is 0.288 e. The molecule has 0 bridgehead atoms. The van der Waals surface area contributed by atoms with Gasteiger partial charge in [-0.3, -0.25) is 4.79 Å². The summed E-state index contributed by atoms with van der Waals surface area (Å²) in [6.07, 6.45) is -0.613. The average molecular weight is 489 g/mol. The molecule has 3 rings (SSSR count). The quantitative estimate of drug-likeness (QED) is 0.346. The Morgan fingerprint density at radius 1 is 0.686 bits per heavy atom. The van der Waals surface area contributed by atoms with Crippen LogP contribution in [0.25, 0.3) is 0 Å². The summed E-state index contributed by atoms with van der Waals surface area (Å²) in [7, 11) is -2.95. The molecule has 4 heteroatoms. The molecule has 1 N–H and O–H groups in total. The van der Waals surface area contributed by atoms with Crippen LogP contribution in [-0.2, 0) is 9.22 Å². The van der Waals surface area contributed by atoms with Gasteiger partial charge in [0.05, 0.1) is 12.2 Å². The molecule has 0 radical (unpaired) electrons. The predicted molar refractivity (Wildman–Crippen MR) is 148 cm³/mol. The molecule has 3 aromatic carbocycles. The first kappa shape index (κ1) is 27.1. The highest BCUT2D eigenvalue weighted by molar-refractivity contribution is 7.07. The van der Waals surface area contributed by atoms with Gasteiger partial charge in [0.1, 0.15) is 5.78 Å². The zero-order chi connectivity index (χ0) is 25.7. The van der Waals surface area contributed by atoms with Gasteiger partial charge in [0, 0.05) is 12.8 Å². The monoisotopic (exact) mass is 488 g/mol. The van der Waals surface area contributed by atoms with E-state index in [0.717, 1.165) is 15.6 Å². The highest BCUT2D eigenvalue weighted by atomic mass is 28.4. The van der Waals surface area contributed by atoms with Gasteiger partial charge in [-0.1, -0.05) is 133 Å². The largest absolute Gasteiger partial charge is 0.400 e. The second-order valence-electron chi connectivity index (χ2n) is 11.6. The van der Waals surface area contributed by atoms with E-state index < -0.39 is 14.4 Å². The summed E-state index contributed by atoms with van der Waals surface area (Å²) in [4.78, 5) is 13.2. The van der Waals surface area contributed by atoms with Gasteiger partial charge in [0.2, 0.25) is 0 Å². The van der Waals surface area contributed by atoms with Crippen LogP contribution in [0.5, 0.6) is 0 Å². The number of Topliss-reactive ketones (excluding diaryl/α,β-unsaturated/α-hetero) is 1. The van der Waals surface area contributed by atoms with E-state index in [0.29, 0.717) is 0 Å². The van der Waals surface area contributed by atoms with E-state index in [9.17, 15) is 9.90 Å². The third-order valence-corrected chi connectivity index (χ3v) is 10.7. The summed E-state index contributed by atoms with van der Waals surface area (Å²) in [6, 6.07) is 31.3. The van der Waals surface area contributed by atoms with Gasteiger partial charge >= 0.3 is 0 Å². The number of carbonyl (C=O) groups is 1. The molecule has 0 fully saturated rings. The van der Waals surface area contributed by atoms with E-state index in [1.807, 2.05) is 39.0 Å². The second kappa shape index (κ2) is 11.0. The van der Waals surface area contributed by atoms with Gasteiger partial charge in [-0.15, -0.1) is 0 Å². The van der Waals surface area contributed by atoms with Crippen LogP contribution < -0.4 is 15.6 Å². The van der Waals surface area contributed by atoms with Crippen LogP contribution in [0.15, 0.2) is 91.0 Å². The van der Waals surface area contributed by atoms with Crippen LogP contribution in [0.1, 0.15) is 54.4 Å². The third kappa shape index (κ3) is 6.57. The van der Waals surface area contributed by atoms with E-state index in [1.54, 1.807) is 0 Å². The van der Waals surface area contributed by atoms with E-state index in [1.165, 1.54) is 0 Å². The fourth-order valence-corrected chi connectivity index (χ4v) is 8.53. The Balaban J connectivity index is 2.12. The van der Waals surface area contributed by atoms with Gasteiger partial charge in [0.15, 0.2) is 0 Å². The van der Waals surface area contributed by atoms with Crippen LogP contribution in [0, 0.1) is 10.8 Å². The topological polar surface area (TPSA) is 46.5 Å². The minimum absolute atomic E-state index is 0.0319. The number of hydrogen-bond donors (Lipinski definition) is 1. The fourth-order valence-electron chi connectivity index (χ4n) is 4.27. The summed E-state index contributed by atoms with van der Waals surface area (Å²) in [5.41, 5.74) is -0.622. The molecule has 0 unspecified atom stereocenters. The van der Waals surface area contributed by atoms with Crippen LogP contribution >= 0.6 is 0 Å². The lowest BCUT2D eigenvalue weighted by atomic mass is 9.82. The molecule has 0 spiro atoms. The number of aliphatic hydroxyl groups excluding tert-OH is 1. The highest BCUT2D eigenvalue weighted by Crippen LogP contribution is 2.30. The van der Waals surface area contributed by atoms with Crippen molar-refractivity contribution in [3.05, 3.63) is 91.0 Å². The molecule has 3 nitrogen and oxygen atoms in total. The number of carbonyl (C=O) groups excluding carboxylic acids is 1. The van der Waals surface area contributed by atoms with Crippen LogP contribution in [0.2, 0.25) is 0 Å². The van der Waals surface area contributed by atoms with Gasteiger partial charge in [-0.2, -0.15) is 0 Å². The first-order chi connectivity index (χ1) is 16.4. The summed E-state index contributed by atoms with van der Waals surface area (Å²) >= 11 is 0. The molecule has 0 aliphatic carbocycles. The third-order valence-electron chi connectivity index (χ3n) is 6.66. The van der Waals surface area contributed by atoms with Crippen molar-refractivity contribution in [3.63, 3.8) is 0 Å². The van der Waals surface area contributed by atoms with E-state index in [-0.39, 0.29) is 35.6 Å². The fraction of sp³-hybridized carbons (Fsp3) is 0.387. The molecule has 2 atom stereocenters. The Morgan fingerprint density at radius 2 is 1.06 bits per heavy atom. The standard InChI is InChI=1S/C31H40O3Si/c1-30(2,3)28(33)22-24(32)23-29(31(4,5)6)34-35(25-16-10-7-11-17-25,26-18-12-8-13-19-26)27-20-14-9-15-21-27/h7-21,28-29,33H,22-23H2,1-6H3/t28-,29+/m1/s1. The van der Waals surface area contributed by atoms with Crippen LogP contribution in [0.4, 0.5) is 0 Å². The number of rotatable bonds is 9. The van der Waals surface area contributed by atoms with E-state index in [4.69, 9.17) is 4.43 Å². The van der Waals surface area contributed by atoms with Gasteiger partial charge < -0.3 is 9.53 Å². The summed E-state index contributed by atoms with van der Waals surface area (Å²) < 4.78 is 7.34. The minimum atomic E-state index is -2.95. The molecular weight excluding hydrogens is 448 g/mol. The summed E-state index contributed by atoms with van der Waals surface area (Å²) in [5.74, 6) is 0.0319. The van der Waals surface area contributed by atoms with Crippen molar-refractivity contribution in [2.75, 3.05) is 0 Å². The van der Waals surface area contributed by atoms with Crippen molar-refractivity contribution in [3.8, 4) is 0 Å². The van der Waals surface area contributed by atoms with Gasteiger partial charge in [-0.05, 0) is 26.4 Å². The van der Waals surface area contributed by atoms with Crippen molar-refractivity contribution in [2.24, 2.45) is 10.8 Å². The second-order valence-corrected chi connectivity index (χ2v) is 14.9. The van der Waals surface area contributed by atoms with E-state index >= 15 is 0 Å². The molecule has 0 amide bonds. The molecule has 3 aromatic rings. The lowest BCUT2D eigenvalue weighted by Crippen LogP contribution is -2.71. The Bertz CT molecular complexity index is 970. The molecule has 186 valence electrons. The lowest BCUT2D eigenvalue weighted by molar-refractivity contribution is -0.125. The maximum atomic E-state index is 13.2. The number of aliphatic hydroxyl groups is 1. The minimum Gasteiger partial charge on any atom is -0.400 e. The zero-order valence-corrected chi connectivity index (χ0v) is 23.0. The Hall–Kier alpha value is -2.53. The van der Waals surface area contributed by atoms with Crippen molar-refractivity contribution in [2.45, 2.75) is 66.6 Å². The average Bonchev–Trinajstić information content (AvgIpc) is 2.82. The predicted octanol–water partition coefficient (Wildman–Crippen LogP) is 4.84. The number of benzene rings is 3. The Labute approximate surface area is 212 Å². The van der Waals surface area contributed by atoms with Crippen molar-refractivity contribution >= 4 is 29.7 Å². The summed E-state index contributed by atoms with van der Waals surface area (Å²) in [6.45, 7) is 12.3. The van der Waals surface area contributed by atoms with Crippen LogP contribution in [0.3, 0.4) is 0 Å². The smallest absolute Gasteiger partial charge is 0.288 e. The first-order valence-corrected chi connectivity index (χ1v) is 14.4. The van der Waals surface area contributed by atoms with Gasteiger partial charge in [-0.25, -0.2) is 0 Å². The first-order valence-electron chi connectivity index (χ1n) is 12.5. The van der Waals surface area contributed by atoms with Crippen LogP contribution in [-0.4, -0.2) is 31.4 Å². The SMILES string of the molecule is CC(C)(C)[C@H](O)CC(=O)C[C@H](O[Si](c1ccccc1)(c1ccccc1)c1ccccc1)C(C)(C)C. The molecule has 0 aliphatic rings. The highest BCUT2D eigenvalue weighted by Gasteiger charge is 2.46. The molecule has 0 saturated heterocycles.